The lowest BCUT2D eigenvalue weighted by Crippen LogP contribution is -2.20. The van der Waals surface area contributed by atoms with Crippen LogP contribution in [0.15, 0.2) is 90.0 Å². The van der Waals surface area contributed by atoms with Crippen molar-refractivity contribution < 1.29 is 23.8 Å². The zero-order valence-electron chi connectivity index (χ0n) is 22.4. The van der Waals surface area contributed by atoms with Gasteiger partial charge in [-0.25, -0.2) is 5.43 Å². The molecule has 0 unspecified atom stereocenters. The molecule has 4 rings (SSSR count). The Morgan fingerprint density at radius 1 is 0.786 bits per heavy atom. The Morgan fingerprint density at radius 3 is 2.31 bits per heavy atom. The number of hydrogen-bond acceptors (Lipinski definition) is 6. The van der Waals surface area contributed by atoms with Crippen molar-refractivity contribution in [3.05, 3.63) is 117 Å². The van der Waals surface area contributed by atoms with E-state index < -0.39 is 11.8 Å². The maximum atomic E-state index is 12.7. The van der Waals surface area contributed by atoms with Crippen LogP contribution in [0.3, 0.4) is 0 Å². The van der Waals surface area contributed by atoms with Gasteiger partial charge in [0.1, 0.15) is 12.4 Å². The van der Waals surface area contributed by atoms with Gasteiger partial charge >= 0.3 is 0 Å². The van der Waals surface area contributed by atoms with Crippen molar-refractivity contribution >= 4 is 58.5 Å². The molecule has 0 saturated carbocycles. The van der Waals surface area contributed by atoms with Crippen LogP contribution in [0.2, 0.25) is 15.1 Å². The smallest absolute Gasteiger partial charge is 0.271 e. The molecule has 0 spiro atoms. The molecule has 8 nitrogen and oxygen atoms in total. The van der Waals surface area contributed by atoms with Crippen LogP contribution in [-0.2, 0) is 11.4 Å². The summed E-state index contributed by atoms with van der Waals surface area (Å²) in [6.07, 6.45) is 1.44. The van der Waals surface area contributed by atoms with Crippen LogP contribution >= 0.6 is 34.8 Å². The molecule has 0 bridgehead atoms. The van der Waals surface area contributed by atoms with Crippen molar-refractivity contribution in [1.82, 2.24) is 5.43 Å². The molecule has 0 aliphatic carbocycles. The molecule has 216 valence electrons. The molecular formula is C31H26Cl3N3O5. The van der Waals surface area contributed by atoms with Crippen molar-refractivity contribution in [2.24, 2.45) is 5.10 Å². The molecule has 11 heteroatoms. The molecule has 0 atom stereocenters. The van der Waals surface area contributed by atoms with Crippen LogP contribution in [0.25, 0.3) is 0 Å². The van der Waals surface area contributed by atoms with Gasteiger partial charge in [0, 0.05) is 11.3 Å². The van der Waals surface area contributed by atoms with Gasteiger partial charge in [-0.2, -0.15) is 5.10 Å². The highest BCUT2D eigenvalue weighted by atomic mass is 35.5. The SMILES string of the molecule is CCOc1cc(C(=O)N/N=C/c2ccc(OCC(=O)Nc3ccc(Cl)c(Cl)c3)c(Cl)c2)ccc1OCc1ccccc1. The van der Waals surface area contributed by atoms with E-state index in [9.17, 15) is 9.59 Å². The minimum atomic E-state index is -0.430. The predicted octanol–water partition coefficient (Wildman–Crippen LogP) is 7.41. The first-order chi connectivity index (χ1) is 20.3. The third-order valence-corrected chi connectivity index (χ3v) is 6.68. The molecule has 2 N–H and O–H groups in total. The monoisotopic (exact) mass is 625 g/mol. The van der Waals surface area contributed by atoms with Crippen LogP contribution in [0.5, 0.6) is 17.2 Å². The fraction of sp³-hybridized carbons (Fsp3) is 0.129. The number of amides is 2. The van der Waals surface area contributed by atoms with Gasteiger partial charge in [-0.3, -0.25) is 9.59 Å². The van der Waals surface area contributed by atoms with E-state index in [0.717, 1.165) is 5.56 Å². The molecular weight excluding hydrogens is 601 g/mol. The average Bonchev–Trinajstić information content (AvgIpc) is 2.98. The van der Waals surface area contributed by atoms with Crippen LogP contribution in [-0.4, -0.2) is 31.2 Å². The van der Waals surface area contributed by atoms with E-state index >= 15 is 0 Å². The number of rotatable bonds is 12. The van der Waals surface area contributed by atoms with Gasteiger partial charge in [-0.15, -0.1) is 0 Å². The van der Waals surface area contributed by atoms with Crippen LogP contribution in [0, 0.1) is 0 Å². The fourth-order valence-corrected chi connectivity index (χ4v) is 4.17. The van der Waals surface area contributed by atoms with E-state index in [1.165, 1.54) is 12.3 Å². The largest absolute Gasteiger partial charge is 0.490 e. The van der Waals surface area contributed by atoms with E-state index in [0.29, 0.717) is 57.3 Å². The topological polar surface area (TPSA) is 98.3 Å². The number of anilines is 1. The first-order valence-electron chi connectivity index (χ1n) is 12.8. The summed E-state index contributed by atoms with van der Waals surface area (Å²) in [7, 11) is 0. The molecule has 4 aromatic carbocycles. The lowest BCUT2D eigenvalue weighted by molar-refractivity contribution is -0.118. The third kappa shape index (κ3) is 8.88. The summed E-state index contributed by atoms with van der Waals surface area (Å²) in [5.74, 6) is 0.463. The van der Waals surface area contributed by atoms with Gasteiger partial charge < -0.3 is 19.5 Å². The maximum Gasteiger partial charge on any atom is 0.271 e. The quantitative estimate of drug-likeness (QED) is 0.126. The molecule has 42 heavy (non-hydrogen) atoms. The highest BCUT2D eigenvalue weighted by Crippen LogP contribution is 2.30. The second-order valence-corrected chi connectivity index (χ2v) is 9.95. The Kier molecular flexibility index (Phi) is 11.1. The summed E-state index contributed by atoms with van der Waals surface area (Å²) < 4.78 is 17.1. The highest BCUT2D eigenvalue weighted by Gasteiger charge is 2.12. The maximum absolute atomic E-state index is 12.7. The van der Waals surface area contributed by atoms with Gasteiger partial charge in [-0.1, -0.05) is 65.1 Å². The number of nitrogens with one attached hydrogen (secondary N) is 2. The van der Waals surface area contributed by atoms with Crippen molar-refractivity contribution in [3.8, 4) is 17.2 Å². The molecule has 0 heterocycles. The second-order valence-electron chi connectivity index (χ2n) is 8.72. The Hall–Kier alpha value is -4.24. The van der Waals surface area contributed by atoms with Gasteiger partial charge in [0.05, 0.1) is 27.9 Å². The average molecular weight is 627 g/mol. The summed E-state index contributed by atoms with van der Waals surface area (Å²) in [6.45, 7) is 2.36. The standard InChI is InChI=1S/C31H26Cl3N3O5/c1-2-40-29-15-22(9-13-28(29)41-18-20-6-4-3-5-7-20)31(39)37-35-17-21-8-12-27(26(34)14-21)42-19-30(38)36-23-10-11-24(32)25(33)16-23/h3-17H,2,18-19H2,1H3,(H,36,38)(H,37,39)/b35-17+. The number of benzene rings is 4. The number of nitrogens with zero attached hydrogens (tertiary/aromatic N) is 1. The first-order valence-corrected chi connectivity index (χ1v) is 13.9. The van der Waals surface area contributed by atoms with E-state index in [2.05, 4.69) is 15.8 Å². The Morgan fingerprint density at radius 2 is 1.57 bits per heavy atom. The van der Waals surface area contributed by atoms with Gasteiger partial charge in [0.15, 0.2) is 18.1 Å². The molecule has 0 aromatic heterocycles. The molecule has 0 radical (unpaired) electrons. The summed E-state index contributed by atoms with van der Waals surface area (Å²) in [5, 5.41) is 7.65. The van der Waals surface area contributed by atoms with Crippen LogP contribution in [0.4, 0.5) is 5.69 Å². The molecule has 0 saturated heterocycles. The Labute approximate surface area is 258 Å². The fourth-order valence-electron chi connectivity index (χ4n) is 3.63. The van der Waals surface area contributed by atoms with Gasteiger partial charge in [-0.05, 0) is 72.6 Å². The molecule has 0 fully saturated rings. The summed E-state index contributed by atoms with van der Waals surface area (Å²) in [6, 6.07) is 24.3. The predicted molar refractivity (Wildman–Crippen MR) is 165 cm³/mol. The third-order valence-electron chi connectivity index (χ3n) is 5.64. The van der Waals surface area contributed by atoms with E-state index in [-0.39, 0.29) is 11.6 Å². The number of hydrogen-bond donors (Lipinski definition) is 2. The van der Waals surface area contributed by atoms with Crippen molar-refractivity contribution in [2.45, 2.75) is 13.5 Å². The number of hydrazone groups is 1. The highest BCUT2D eigenvalue weighted by molar-refractivity contribution is 6.42. The molecule has 4 aromatic rings. The van der Waals surface area contributed by atoms with Crippen molar-refractivity contribution in [2.75, 3.05) is 18.5 Å². The number of carbonyl (C=O) groups excluding carboxylic acids is 2. The number of ether oxygens (including phenoxy) is 3. The van der Waals surface area contributed by atoms with Crippen molar-refractivity contribution in [3.63, 3.8) is 0 Å². The van der Waals surface area contributed by atoms with E-state index in [1.54, 1.807) is 48.5 Å². The molecule has 0 aliphatic heterocycles. The van der Waals surface area contributed by atoms with E-state index in [4.69, 9.17) is 49.0 Å². The minimum Gasteiger partial charge on any atom is -0.490 e. The summed E-state index contributed by atoms with van der Waals surface area (Å²) >= 11 is 18.2. The lowest BCUT2D eigenvalue weighted by Gasteiger charge is -2.13. The minimum absolute atomic E-state index is 0.264. The van der Waals surface area contributed by atoms with E-state index in [1.807, 2.05) is 37.3 Å². The first kappa shape index (κ1) is 30.7. The van der Waals surface area contributed by atoms with Crippen LogP contribution < -0.4 is 25.0 Å². The number of carbonyl (C=O) groups is 2. The second kappa shape index (κ2) is 15.1. The van der Waals surface area contributed by atoms with Gasteiger partial charge in [0.2, 0.25) is 0 Å². The molecule has 0 aliphatic rings. The normalized spacial score (nSPS) is 10.8. The number of halogens is 3. The zero-order chi connectivity index (χ0) is 29.9. The Bertz CT molecular complexity index is 1580. The summed E-state index contributed by atoms with van der Waals surface area (Å²) in [4.78, 5) is 24.9. The lowest BCUT2D eigenvalue weighted by atomic mass is 10.2. The molecule has 2 amide bonds. The zero-order valence-corrected chi connectivity index (χ0v) is 24.7. The van der Waals surface area contributed by atoms with Crippen LogP contribution in [0.1, 0.15) is 28.4 Å². The summed E-state index contributed by atoms with van der Waals surface area (Å²) in [5.41, 5.74) is 4.94. The van der Waals surface area contributed by atoms with Gasteiger partial charge in [0.25, 0.3) is 11.8 Å². The van der Waals surface area contributed by atoms with Crippen molar-refractivity contribution in [1.29, 1.82) is 0 Å². The Balaban J connectivity index is 1.30.